The first-order valence-electron chi connectivity index (χ1n) is 12.3. The third-order valence-electron chi connectivity index (χ3n) is 6.38. The van der Waals surface area contributed by atoms with Gasteiger partial charge < -0.3 is 14.8 Å². The largest absolute Gasteiger partial charge is 0.497 e. The predicted octanol–water partition coefficient (Wildman–Crippen LogP) is 7.52. The SMILES string of the molecule is CCOC(=O)c1c(-c2ccc(F)cc2)csc1NC(=O)c1c(C)c(-c2ccc(OC)cc2)nc2ccccc12. The van der Waals surface area contributed by atoms with Crippen molar-refractivity contribution in [1.29, 1.82) is 0 Å². The topological polar surface area (TPSA) is 77.5 Å². The zero-order valence-corrected chi connectivity index (χ0v) is 22.4. The molecule has 0 spiro atoms. The summed E-state index contributed by atoms with van der Waals surface area (Å²) in [5.74, 6) is -0.605. The van der Waals surface area contributed by atoms with Crippen molar-refractivity contribution in [1.82, 2.24) is 4.98 Å². The van der Waals surface area contributed by atoms with E-state index in [0.29, 0.717) is 43.9 Å². The molecule has 1 amide bonds. The van der Waals surface area contributed by atoms with Crippen LogP contribution in [0.4, 0.5) is 9.39 Å². The lowest BCUT2D eigenvalue weighted by Gasteiger charge is -2.15. The molecule has 0 saturated carbocycles. The monoisotopic (exact) mass is 540 g/mol. The smallest absolute Gasteiger partial charge is 0.341 e. The minimum absolute atomic E-state index is 0.171. The fraction of sp³-hybridized carbons (Fsp3) is 0.129. The number of nitrogens with zero attached hydrogens (tertiary/aromatic N) is 1. The highest BCUT2D eigenvalue weighted by molar-refractivity contribution is 7.15. The summed E-state index contributed by atoms with van der Waals surface area (Å²) in [7, 11) is 1.60. The maximum Gasteiger partial charge on any atom is 0.341 e. The van der Waals surface area contributed by atoms with E-state index in [0.717, 1.165) is 11.3 Å². The molecular weight excluding hydrogens is 515 g/mol. The number of hydrogen-bond donors (Lipinski definition) is 1. The van der Waals surface area contributed by atoms with Crippen molar-refractivity contribution < 1.29 is 23.5 Å². The van der Waals surface area contributed by atoms with E-state index in [-0.39, 0.29) is 23.9 Å². The Kier molecular flexibility index (Phi) is 7.38. The zero-order valence-electron chi connectivity index (χ0n) is 21.6. The standard InChI is InChI=1S/C31H25FN2O4S/c1-4-38-31(36)27-24(19-9-13-21(32)14-10-19)17-39-30(27)34-29(35)26-18(2)28(20-11-15-22(37-3)16-12-20)33-25-8-6-5-7-23(25)26/h5-17H,4H2,1-3H3,(H,34,35). The number of esters is 1. The summed E-state index contributed by atoms with van der Waals surface area (Å²) < 4.78 is 24.1. The minimum atomic E-state index is -0.566. The zero-order chi connectivity index (χ0) is 27.5. The number of fused-ring (bicyclic) bond motifs is 1. The van der Waals surface area contributed by atoms with E-state index in [4.69, 9.17) is 14.5 Å². The molecule has 0 radical (unpaired) electrons. The molecule has 39 heavy (non-hydrogen) atoms. The van der Waals surface area contributed by atoms with Gasteiger partial charge in [0.05, 0.1) is 30.5 Å². The Morgan fingerprint density at radius 2 is 1.64 bits per heavy atom. The van der Waals surface area contributed by atoms with Crippen LogP contribution < -0.4 is 10.1 Å². The summed E-state index contributed by atoms with van der Waals surface area (Å²) in [6.45, 7) is 3.75. The number of nitrogens with one attached hydrogen (secondary N) is 1. The summed E-state index contributed by atoms with van der Waals surface area (Å²) in [4.78, 5) is 31.8. The van der Waals surface area contributed by atoms with Gasteiger partial charge in [-0.15, -0.1) is 11.3 Å². The molecule has 196 valence electrons. The first kappa shape index (κ1) is 26.1. The third kappa shape index (κ3) is 5.11. The van der Waals surface area contributed by atoms with Crippen molar-refractivity contribution in [3.63, 3.8) is 0 Å². The second-order valence-electron chi connectivity index (χ2n) is 8.74. The molecule has 0 saturated heterocycles. The summed E-state index contributed by atoms with van der Waals surface area (Å²) in [5, 5.41) is 5.76. The fourth-order valence-electron chi connectivity index (χ4n) is 4.49. The Morgan fingerprint density at radius 1 is 0.949 bits per heavy atom. The van der Waals surface area contributed by atoms with Crippen molar-refractivity contribution in [2.45, 2.75) is 13.8 Å². The molecule has 0 atom stereocenters. The van der Waals surface area contributed by atoms with Crippen molar-refractivity contribution in [3.05, 3.63) is 101 Å². The first-order valence-corrected chi connectivity index (χ1v) is 13.2. The number of aromatic nitrogens is 1. The lowest BCUT2D eigenvalue weighted by Crippen LogP contribution is -2.17. The van der Waals surface area contributed by atoms with Crippen LogP contribution in [-0.2, 0) is 4.74 Å². The van der Waals surface area contributed by atoms with E-state index in [1.165, 1.54) is 23.5 Å². The molecule has 8 heteroatoms. The van der Waals surface area contributed by atoms with Crippen molar-refractivity contribution in [3.8, 4) is 28.1 Å². The van der Waals surface area contributed by atoms with Crippen molar-refractivity contribution in [2.75, 3.05) is 19.0 Å². The predicted molar refractivity (Wildman–Crippen MR) is 152 cm³/mol. The molecule has 0 unspecified atom stereocenters. The van der Waals surface area contributed by atoms with Crippen LogP contribution in [0, 0.1) is 12.7 Å². The second kappa shape index (κ2) is 11.0. The number of hydrogen-bond acceptors (Lipinski definition) is 6. The molecule has 3 aromatic carbocycles. The molecule has 0 aliphatic carbocycles. The Bertz CT molecular complexity index is 1680. The number of carbonyl (C=O) groups excluding carboxylic acids is 2. The van der Waals surface area contributed by atoms with Crippen LogP contribution in [0.15, 0.2) is 78.2 Å². The van der Waals surface area contributed by atoms with E-state index in [2.05, 4.69) is 5.32 Å². The van der Waals surface area contributed by atoms with Gasteiger partial charge in [-0.05, 0) is 67.4 Å². The molecular formula is C31H25FN2O4S. The Morgan fingerprint density at radius 3 is 2.33 bits per heavy atom. The van der Waals surface area contributed by atoms with Gasteiger partial charge in [-0.1, -0.05) is 30.3 Å². The average molecular weight is 541 g/mol. The molecule has 2 aromatic heterocycles. The molecule has 6 nitrogen and oxygen atoms in total. The van der Waals surface area contributed by atoms with Gasteiger partial charge in [0, 0.05) is 21.9 Å². The highest BCUT2D eigenvalue weighted by Gasteiger charge is 2.25. The fourth-order valence-corrected chi connectivity index (χ4v) is 5.45. The summed E-state index contributed by atoms with van der Waals surface area (Å²) in [6, 6.07) is 20.8. The quantitative estimate of drug-likeness (QED) is 0.216. The number of thiophene rings is 1. The van der Waals surface area contributed by atoms with Gasteiger partial charge in [0.15, 0.2) is 0 Å². The summed E-state index contributed by atoms with van der Waals surface area (Å²) in [6.07, 6.45) is 0. The molecule has 0 bridgehead atoms. The number of benzene rings is 3. The number of anilines is 1. The number of pyridine rings is 1. The lowest BCUT2D eigenvalue weighted by atomic mass is 9.97. The normalized spacial score (nSPS) is 10.9. The molecule has 0 aliphatic heterocycles. The van der Waals surface area contributed by atoms with E-state index in [1.54, 1.807) is 31.5 Å². The maximum absolute atomic E-state index is 13.9. The number of para-hydroxylation sites is 1. The molecule has 5 aromatic rings. The van der Waals surface area contributed by atoms with Crippen LogP contribution >= 0.6 is 11.3 Å². The Hall–Kier alpha value is -4.56. The van der Waals surface area contributed by atoms with Gasteiger partial charge in [-0.3, -0.25) is 4.79 Å². The number of rotatable bonds is 7. The van der Waals surface area contributed by atoms with Gasteiger partial charge >= 0.3 is 5.97 Å². The van der Waals surface area contributed by atoms with Crippen LogP contribution in [0.2, 0.25) is 0 Å². The van der Waals surface area contributed by atoms with Crippen LogP contribution in [-0.4, -0.2) is 30.6 Å². The summed E-state index contributed by atoms with van der Waals surface area (Å²) >= 11 is 1.21. The maximum atomic E-state index is 13.9. The minimum Gasteiger partial charge on any atom is -0.497 e. The molecule has 2 heterocycles. The number of carbonyl (C=O) groups is 2. The lowest BCUT2D eigenvalue weighted by molar-refractivity contribution is 0.0529. The van der Waals surface area contributed by atoms with Crippen LogP contribution in [0.5, 0.6) is 5.75 Å². The Labute approximate surface area is 229 Å². The van der Waals surface area contributed by atoms with Gasteiger partial charge in [0.25, 0.3) is 5.91 Å². The number of amides is 1. The van der Waals surface area contributed by atoms with E-state index < -0.39 is 5.97 Å². The molecule has 5 rings (SSSR count). The number of halogens is 1. The number of methoxy groups -OCH3 is 1. The van der Waals surface area contributed by atoms with E-state index in [1.807, 2.05) is 55.5 Å². The van der Waals surface area contributed by atoms with Crippen molar-refractivity contribution >= 4 is 39.1 Å². The van der Waals surface area contributed by atoms with E-state index in [9.17, 15) is 14.0 Å². The Balaban J connectivity index is 1.60. The molecule has 0 fully saturated rings. The van der Waals surface area contributed by atoms with Gasteiger partial charge in [0.1, 0.15) is 22.1 Å². The van der Waals surface area contributed by atoms with Crippen LogP contribution in [0.1, 0.15) is 33.2 Å². The average Bonchev–Trinajstić information content (AvgIpc) is 3.36. The highest BCUT2D eigenvalue weighted by Crippen LogP contribution is 2.38. The molecule has 0 aliphatic rings. The first-order chi connectivity index (χ1) is 18.9. The van der Waals surface area contributed by atoms with Crippen LogP contribution in [0.25, 0.3) is 33.3 Å². The van der Waals surface area contributed by atoms with Gasteiger partial charge in [0.2, 0.25) is 0 Å². The van der Waals surface area contributed by atoms with Gasteiger partial charge in [-0.2, -0.15) is 0 Å². The van der Waals surface area contributed by atoms with Crippen molar-refractivity contribution in [2.24, 2.45) is 0 Å². The summed E-state index contributed by atoms with van der Waals surface area (Å²) in [5.41, 5.74) is 4.77. The van der Waals surface area contributed by atoms with Crippen LogP contribution in [0.3, 0.4) is 0 Å². The molecule has 1 N–H and O–H groups in total. The van der Waals surface area contributed by atoms with Gasteiger partial charge in [-0.25, -0.2) is 14.2 Å². The highest BCUT2D eigenvalue weighted by atomic mass is 32.1. The number of ether oxygens (including phenoxy) is 2. The third-order valence-corrected chi connectivity index (χ3v) is 7.27. The van der Waals surface area contributed by atoms with E-state index >= 15 is 0 Å². The second-order valence-corrected chi connectivity index (χ2v) is 9.62.